The Balaban J connectivity index is 3.99. The van der Waals surface area contributed by atoms with Crippen molar-refractivity contribution in [3.63, 3.8) is 0 Å². The van der Waals surface area contributed by atoms with Crippen LogP contribution in [0, 0.1) is 11.3 Å². The van der Waals surface area contributed by atoms with Gasteiger partial charge in [0.25, 0.3) is 0 Å². The van der Waals surface area contributed by atoms with E-state index >= 15 is 0 Å². The average Bonchev–Trinajstić information content (AvgIpc) is 2.25. The molecule has 3 heteroatoms. The van der Waals surface area contributed by atoms with E-state index in [1.54, 1.807) is 0 Å². The smallest absolute Gasteiger partial charge is 0.104 e. The molecule has 15 heavy (non-hydrogen) atoms. The molecule has 0 amide bonds. The summed E-state index contributed by atoms with van der Waals surface area (Å²) in [5, 5.41) is 12.1. The van der Waals surface area contributed by atoms with Crippen molar-refractivity contribution in [3.8, 4) is 6.07 Å². The Morgan fingerprint density at radius 2 is 2.13 bits per heavy atom. The third kappa shape index (κ3) is 5.15. The fourth-order valence-corrected chi connectivity index (χ4v) is 1.50. The van der Waals surface area contributed by atoms with Gasteiger partial charge in [-0.3, -0.25) is 0 Å². The molecule has 88 valence electrons. The van der Waals surface area contributed by atoms with Crippen LogP contribution in [0.2, 0.25) is 0 Å². The molecule has 0 aliphatic heterocycles. The van der Waals surface area contributed by atoms with E-state index in [0.29, 0.717) is 6.04 Å². The number of nitrogens with zero attached hydrogens (tertiary/aromatic N) is 2. The maximum atomic E-state index is 9.01. The highest BCUT2D eigenvalue weighted by atomic mass is 15.1. The van der Waals surface area contributed by atoms with Crippen LogP contribution in [0.25, 0.3) is 0 Å². The second kappa shape index (κ2) is 6.81. The van der Waals surface area contributed by atoms with Crippen LogP contribution in [-0.4, -0.2) is 37.1 Å². The van der Waals surface area contributed by atoms with Gasteiger partial charge < -0.3 is 10.2 Å². The van der Waals surface area contributed by atoms with Crippen molar-refractivity contribution in [2.75, 3.05) is 20.6 Å². The van der Waals surface area contributed by atoms with Crippen molar-refractivity contribution in [2.45, 2.75) is 51.6 Å². The summed E-state index contributed by atoms with van der Waals surface area (Å²) in [5.41, 5.74) is -0.389. The van der Waals surface area contributed by atoms with E-state index in [1.165, 1.54) is 12.8 Å². The molecule has 3 nitrogen and oxygen atoms in total. The Bertz CT molecular complexity index is 209. The lowest BCUT2D eigenvalue weighted by atomic mass is 9.99. The fourth-order valence-electron chi connectivity index (χ4n) is 1.50. The zero-order valence-electron chi connectivity index (χ0n) is 10.8. The Morgan fingerprint density at radius 3 is 2.53 bits per heavy atom. The van der Waals surface area contributed by atoms with Gasteiger partial charge in [-0.1, -0.05) is 13.3 Å². The number of rotatable bonds is 7. The van der Waals surface area contributed by atoms with E-state index in [2.05, 4.69) is 37.2 Å². The van der Waals surface area contributed by atoms with Crippen molar-refractivity contribution in [1.82, 2.24) is 10.2 Å². The molecule has 0 aliphatic carbocycles. The summed E-state index contributed by atoms with van der Waals surface area (Å²) in [6, 6.07) is 2.92. The first-order valence-corrected chi connectivity index (χ1v) is 5.79. The lowest BCUT2D eigenvalue weighted by Crippen LogP contribution is -2.42. The van der Waals surface area contributed by atoms with Crippen LogP contribution < -0.4 is 5.32 Å². The molecule has 0 spiro atoms. The maximum Gasteiger partial charge on any atom is 0.104 e. The molecule has 1 N–H and O–H groups in total. The van der Waals surface area contributed by atoms with Gasteiger partial charge >= 0.3 is 0 Å². The van der Waals surface area contributed by atoms with Crippen LogP contribution in [0.5, 0.6) is 0 Å². The van der Waals surface area contributed by atoms with Crippen LogP contribution in [-0.2, 0) is 0 Å². The zero-order chi connectivity index (χ0) is 11.9. The van der Waals surface area contributed by atoms with Gasteiger partial charge in [0.05, 0.1) is 6.07 Å². The van der Waals surface area contributed by atoms with E-state index in [1.807, 2.05) is 14.0 Å². The van der Waals surface area contributed by atoms with Gasteiger partial charge in [-0.15, -0.1) is 0 Å². The molecule has 0 aromatic rings. The predicted molar refractivity (Wildman–Crippen MR) is 64.7 cm³/mol. The minimum Gasteiger partial charge on any atom is -0.304 e. The van der Waals surface area contributed by atoms with Crippen LogP contribution in [0.3, 0.4) is 0 Å². The first-order valence-electron chi connectivity index (χ1n) is 5.79. The monoisotopic (exact) mass is 211 g/mol. The first kappa shape index (κ1) is 14.4. The number of nitriles is 1. The summed E-state index contributed by atoms with van der Waals surface area (Å²) in [4.78, 5) is 2.33. The molecule has 2 unspecified atom stereocenters. The summed E-state index contributed by atoms with van der Waals surface area (Å²) in [5.74, 6) is 0. The Labute approximate surface area is 94.5 Å². The topological polar surface area (TPSA) is 39.1 Å². The molecular weight excluding hydrogens is 186 g/mol. The molecule has 0 bridgehead atoms. The van der Waals surface area contributed by atoms with E-state index < -0.39 is 0 Å². The Morgan fingerprint density at radius 1 is 1.53 bits per heavy atom. The van der Waals surface area contributed by atoms with Gasteiger partial charge in [-0.2, -0.15) is 5.26 Å². The van der Waals surface area contributed by atoms with Gasteiger partial charge in [0.2, 0.25) is 0 Å². The minimum atomic E-state index is -0.389. The van der Waals surface area contributed by atoms with E-state index in [4.69, 9.17) is 5.26 Å². The van der Waals surface area contributed by atoms with E-state index in [-0.39, 0.29) is 5.54 Å². The van der Waals surface area contributed by atoms with Crippen LogP contribution in [0.15, 0.2) is 0 Å². The second-order valence-corrected chi connectivity index (χ2v) is 4.56. The number of hydrogen-bond donors (Lipinski definition) is 1. The molecule has 0 saturated heterocycles. The highest BCUT2D eigenvalue weighted by molar-refractivity contribution is 5.03. The van der Waals surface area contributed by atoms with Gasteiger partial charge in [0.15, 0.2) is 0 Å². The van der Waals surface area contributed by atoms with Gasteiger partial charge in [0, 0.05) is 12.6 Å². The molecule has 0 saturated carbocycles. The van der Waals surface area contributed by atoms with Crippen molar-refractivity contribution in [2.24, 2.45) is 0 Å². The SMILES string of the molecule is CCCC(C)N(C)CCC(C)(C#N)NC. The standard InChI is InChI=1S/C12H25N3/c1-6-7-11(2)15(5)9-8-12(3,10-13)14-4/h11,14H,6-9H2,1-5H3. The molecule has 2 atom stereocenters. The lowest BCUT2D eigenvalue weighted by Gasteiger charge is -2.28. The maximum absolute atomic E-state index is 9.01. The third-order valence-electron chi connectivity index (χ3n) is 3.22. The number of nitrogens with one attached hydrogen (secondary N) is 1. The van der Waals surface area contributed by atoms with Crippen molar-refractivity contribution in [3.05, 3.63) is 0 Å². The molecule has 0 aromatic carbocycles. The van der Waals surface area contributed by atoms with Gasteiger partial charge in [-0.05, 0) is 40.8 Å². The molecule has 0 radical (unpaired) electrons. The van der Waals surface area contributed by atoms with Crippen molar-refractivity contribution >= 4 is 0 Å². The quantitative estimate of drug-likeness (QED) is 0.700. The third-order valence-corrected chi connectivity index (χ3v) is 3.22. The summed E-state index contributed by atoms with van der Waals surface area (Å²) in [7, 11) is 3.98. The molecule has 0 heterocycles. The van der Waals surface area contributed by atoms with Crippen molar-refractivity contribution in [1.29, 1.82) is 5.26 Å². The fraction of sp³-hybridized carbons (Fsp3) is 0.917. The Kier molecular flexibility index (Phi) is 6.55. The summed E-state index contributed by atoms with van der Waals surface area (Å²) in [6.07, 6.45) is 3.30. The normalized spacial score (nSPS) is 17.1. The highest BCUT2D eigenvalue weighted by Gasteiger charge is 2.22. The molecule has 0 fully saturated rings. The van der Waals surface area contributed by atoms with Gasteiger partial charge in [-0.25, -0.2) is 0 Å². The first-order chi connectivity index (χ1) is 6.99. The predicted octanol–water partition coefficient (Wildman–Crippen LogP) is 2.00. The Hall–Kier alpha value is -0.590. The largest absolute Gasteiger partial charge is 0.304 e. The van der Waals surface area contributed by atoms with E-state index in [0.717, 1.165) is 13.0 Å². The molecule has 0 aliphatic rings. The van der Waals surface area contributed by atoms with Crippen LogP contribution >= 0.6 is 0 Å². The second-order valence-electron chi connectivity index (χ2n) is 4.56. The van der Waals surface area contributed by atoms with E-state index in [9.17, 15) is 0 Å². The van der Waals surface area contributed by atoms with Crippen molar-refractivity contribution < 1.29 is 0 Å². The highest BCUT2D eigenvalue weighted by Crippen LogP contribution is 2.11. The lowest BCUT2D eigenvalue weighted by molar-refractivity contribution is 0.224. The van der Waals surface area contributed by atoms with Gasteiger partial charge in [0.1, 0.15) is 5.54 Å². The zero-order valence-corrected chi connectivity index (χ0v) is 10.8. The summed E-state index contributed by atoms with van der Waals surface area (Å²) < 4.78 is 0. The molecule has 0 aromatic heterocycles. The molecular formula is C12H25N3. The summed E-state index contributed by atoms with van der Waals surface area (Å²) in [6.45, 7) is 7.36. The molecule has 0 rings (SSSR count). The van der Waals surface area contributed by atoms with Crippen LogP contribution in [0.1, 0.15) is 40.0 Å². The average molecular weight is 211 g/mol. The van der Waals surface area contributed by atoms with Crippen LogP contribution in [0.4, 0.5) is 0 Å². The minimum absolute atomic E-state index is 0.389. The summed E-state index contributed by atoms with van der Waals surface area (Å²) >= 11 is 0. The number of hydrogen-bond acceptors (Lipinski definition) is 3.